The Labute approximate surface area is 212 Å². The van der Waals surface area contributed by atoms with Gasteiger partial charge in [0.05, 0.1) is 28.8 Å². The number of carbonyl (C=O) groups is 2. The fraction of sp³-hybridized carbons (Fsp3) is 0.375. The van der Waals surface area contributed by atoms with Gasteiger partial charge in [-0.3, -0.25) is 9.59 Å². The molecule has 1 heterocycles. The van der Waals surface area contributed by atoms with E-state index >= 15 is 0 Å². The van der Waals surface area contributed by atoms with Crippen LogP contribution in [-0.2, 0) is 16.1 Å². The van der Waals surface area contributed by atoms with Crippen molar-refractivity contribution in [3.63, 3.8) is 0 Å². The van der Waals surface area contributed by atoms with Crippen LogP contribution in [-0.4, -0.2) is 52.8 Å². The highest BCUT2D eigenvalue weighted by molar-refractivity contribution is 6.43. The molecular weight excluding hydrogens is 495 g/mol. The van der Waals surface area contributed by atoms with Gasteiger partial charge in [-0.15, -0.1) is 0 Å². The maximum Gasteiger partial charge on any atom is 0.475 e. The van der Waals surface area contributed by atoms with Gasteiger partial charge in [-0.25, -0.2) is 8.78 Å². The van der Waals surface area contributed by atoms with E-state index in [-0.39, 0.29) is 35.9 Å². The van der Waals surface area contributed by atoms with Crippen molar-refractivity contribution in [2.75, 3.05) is 6.54 Å². The first-order chi connectivity index (χ1) is 17.0. The number of nitrogens with one attached hydrogen (secondary N) is 2. The highest BCUT2D eigenvalue weighted by atomic mass is 35.5. The lowest BCUT2D eigenvalue weighted by atomic mass is 9.74. The fourth-order valence-electron chi connectivity index (χ4n) is 3.90. The van der Waals surface area contributed by atoms with Crippen molar-refractivity contribution in [2.45, 2.75) is 44.7 Å². The number of rotatable bonds is 10. The van der Waals surface area contributed by atoms with E-state index in [4.69, 9.17) is 16.4 Å². The zero-order valence-electron chi connectivity index (χ0n) is 19.8. The van der Waals surface area contributed by atoms with Gasteiger partial charge < -0.3 is 25.5 Å². The predicted molar refractivity (Wildman–Crippen MR) is 131 cm³/mol. The maximum absolute atomic E-state index is 13.6. The van der Waals surface area contributed by atoms with Crippen molar-refractivity contribution in [1.82, 2.24) is 10.6 Å². The minimum atomic E-state index is -1.77. The van der Waals surface area contributed by atoms with Gasteiger partial charge in [0.25, 0.3) is 11.8 Å². The molecule has 192 valence electrons. The van der Waals surface area contributed by atoms with Crippen LogP contribution in [0.15, 0.2) is 47.6 Å². The number of hydrogen-bond donors (Lipinski definition) is 4. The molecule has 0 bridgehead atoms. The first-order valence-electron chi connectivity index (χ1n) is 11.4. The van der Waals surface area contributed by atoms with Crippen molar-refractivity contribution >= 4 is 36.2 Å². The normalized spacial score (nSPS) is 17.8. The minimum Gasteiger partial charge on any atom is -0.426 e. The third-order valence-corrected chi connectivity index (χ3v) is 6.01. The van der Waals surface area contributed by atoms with Crippen molar-refractivity contribution in [1.29, 1.82) is 0 Å². The zero-order chi connectivity index (χ0) is 26.5. The van der Waals surface area contributed by atoms with Gasteiger partial charge >= 0.3 is 7.12 Å². The number of benzene rings is 2. The second-order valence-corrected chi connectivity index (χ2v) is 9.54. The molecule has 0 fully saturated rings. The van der Waals surface area contributed by atoms with E-state index in [2.05, 4.69) is 15.8 Å². The summed E-state index contributed by atoms with van der Waals surface area (Å²) in [6.45, 7) is 3.63. The molecule has 8 nitrogen and oxygen atoms in total. The quantitative estimate of drug-likeness (QED) is 0.283. The van der Waals surface area contributed by atoms with Crippen LogP contribution in [0, 0.1) is 17.6 Å². The van der Waals surface area contributed by atoms with E-state index in [1.165, 1.54) is 0 Å². The average Bonchev–Trinajstić information content (AvgIpc) is 3.23. The summed E-state index contributed by atoms with van der Waals surface area (Å²) >= 11 is 5.86. The summed E-state index contributed by atoms with van der Waals surface area (Å²) in [5.41, 5.74) is -0.646. The predicted octanol–water partition coefficient (Wildman–Crippen LogP) is 2.65. The summed E-state index contributed by atoms with van der Waals surface area (Å²) < 4.78 is 26.9. The van der Waals surface area contributed by atoms with Gasteiger partial charge in [-0.05, 0) is 30.0 Å². The zero-order valence-corrected chi connectivity index (χ0v) is 20.6. The number of oxime groups is 1. The number of nitrogens with zero attached hydrogens (tertiary/aromatic N) is 1. The topological polar surface area (TPSA) is 120 Å². The second-order valence-electron chi connectivity index (χ2n) is 9.13. The standard InChI is InChI=1S/C24H27BClF2N3O5/c1-14(2)8-21(25(34)35)30-23(33)24(11-15-6-4-3-5-7-15)12-16(31-36-24)13-29-22(32)17-9-19(27)20(28)10-18(17)26/h3-7,9-10,14,21,34-35H,8,11-13H2,1-2H3,(H,29,32)(H,30,33)/t21-,24?/m0/s1. The lowest BCUT2D eigenvalue weighted by molar-refractivity contribution is -0.144. The number of amides is 2. The molecule has 0 saturated heterocycles. The molecule has 4 N–H and O–H groups in total. The van der Waals surface area contributed by atoms with Crippen LogP contribution >= 0.6 is 11.6 Å². The van der Waals surface area contributed by atoms with E-state index in [1.54, 1.807) is 0 Å². The van der Waals surface area contributed by atoms with E-state index in [0.29, 0.717) is 24.3 Å². The Bertz CT molecular complexity index is 1140. The Balaban J connectivity index is 1.74. The van der Waals surface area contributed by atoms with Crippen LogP contribution in [0.25, 0.3) is 0 Å². The fourth-order valence-corrected chi connectivity index (χ4v) is 4.14. The van der Waals surface area contributed by atoms with Crippen LogP contribution in [0.3, 0.4) is 0 Å². The summed E-state index contributed by atoms with van der Waals surface area (Å²) in [6, 6.07) is 10.5. The molecule has 0 aromatic heterocycles. The van der Waals surface area contributed by atoms with Crippen LogP contribution in [0.2, 0.25) is 5.02 Å². The Morgan fingerprint density at radius 3 is 2.50 bits per heavy atom. The summed E-state index contributed by atoms with van der Waals surface area (Å²) in [5.74, 6) is -4.58. The van der Waals surface area contributed by atoms with Crippen molar-refractivity contribution in [2.24, 2.45) is 11.1 Å². The number of carbonyl (C=O) groups excluding carboxylic acids is 2. The average molecular weight is 522 g/mol. The van der Waals surface area contributed by atoms with Gasteiger partial charge in [-0.1, -0.05) is 60.9 Å². The highest BCUT2D eigenvalue weighted by Crippen LogP contribution is 2.29. The molecule has 1 unspecified atom stereocenters. The van der Waals surface area contributed by atoms with Gasteiger partial charge in [0.15, 0.2) is 11.6 Å². The smallest absolute Gasteiger partial charge is 0.426 e. The molecule has 36 heavy (non-hydrogen) atoms. The summed E-state index contributed by atoms with van der Waals surface area (Å²) in [4.78, 5) is 31.5. The molecule has 1 aliphatic heterocycles. The summed E-state index contributed by atoms with van der Waals surface area (Å²) in [5, 5.41) is 28.4. The van der Waals surface area contributed by atoms with Gasteiger partial charge in [0.1, 0.15) is 0 Å². The Morgan fingerprint density at radius 1 is 1.19 bits per heavy atom. The highest BCUT2D eigenvalue weighted by Gasteiger charge is 2.48. The molecule has 0 aliphatic carbocycles. The lowest BCUT2D eigenvalue weighted by Gasteiger charge is -2.29. The molecule has 2 aromatic carbocycles. The van der Waals surface area contributed by atoms with Gasteiger partial charge in [0.2, 0.25) is 5.60 Å². The lowest BCUT2D eigenvalue weighted by Crippen LogP contribution is -2.56. The molecule has 2 amide bonds. The third kappa shape index (κ3) is 6.80. The van der Waals surface area contributed by atoms with Crippen LogP contribution in [0.4, 0.5) is 8.78 Å². The molecule has 12 heteroatoms. The Morgan fingerprint density at radius 2 is 1.86 bits per heavy atom. The number of halogens is 3. The molecule has 1 aliphatic rings. The number of hydrogen-bond acceptors (Lipinski definition) is 6. The molecule has 0 spiro atoms. The summed E-state index contributed by atoms with van der Waals surface area (Å²) in [7, 11) is -1.77. The molecule has 2 atom stereocenters. The molecule has 3 rings (SSSR count). The van der Waals surface area contributed by atoms with Gasteiger partial charge in [-0.2, -0.15) is 0 Å². The van der Waals surface area contributed by atoms with E-state index in [9.17, 15) is 28.4 Å². The molecule has 0 saturated carbocycles. The maximum atomic E-state index is 13.6. The van der Waals surface area contributed by atoms with Crippen LogP contribution < -0.4 is 10.6 Å². The van der Waals surface area contributed by atoms with Crippen LogP contribution in [0.1, 0.15) is 42.6 Å². The molecule has 2 aromatic rings. The van der Waals surface area contributed by atoms with E-state index in [1.807, 2.05) is 44.2 Å². The van der Waals surface area contributed by atoms with Crippen molar-refractivity contribution in [3.05, 3.63) is 70.2 Å². The molecule has 0 radical (unpaired) electrons. The minimum absolute atomic E-state index is 0.00452. The SMILES string of the molecule is CC(C)C[C@H](NC(=O)C1(Cc2ccccc2)CC(CNC(=O)c2cc(F)c(F)cc2Cl)=NO1)B(O)O. The van der Waals surface area contributed by atoms with E-state index in [0.717, 1.165) is 5.56 Å². The van der Waals surface area contributed by atoms with Crippen molar-refractivity contribution in [3.8, 4) is 0 Å². The second kappa shape index (κ2) is 11.8. The first kappa shape index (κ1) is 27.6. The van der Waals surface area contributed by atoms with Gasteiger partial charge in [0, 0.05) is 12.8 Å². The van der Waals surface area contributed by atoms with Crippen molar-refractivity contribution < 1.29 is 33.3 Å². The van der Waals surface area contributed by atoms with E-state index < -0.39 is 42.1 Å². The summed E-state index contributed by atoms with van der Waals surface area (Å²) in [6.07, 6.45) is 0.449. The first-order valence-corrected chi connectivity index (χ1v) is 11.8. The Hall–Kier alpha value is -3.02. The largest absolute Gasteiger partial charge is 0.475 e. The van der Waals surface area contributed by atoms with Crippen LogP contribution in [0.5, 0.6) is 0 Å². The monoisotopic (exact) mass is 521 g/mol. The Kier molecular flexibility index (Phi) is 9.05. The molecular formula is C24H27BClF2N3O5. The third-order valence-electron chi connectivity index (χ3n) is 5.69.